The Hall–Kier alpha value is -2.29. The highest BCUT2D eigenvalue weighted by atomic mass is 16.3. The molecule has 0 heterocycles. The molecular weight excluding hydrogens is 288 g/mol. The Bertz CT molecular complexity index is 645. The van der Waals surface area contributed by atoms with Crippen LogP contribution in [0.5, 0.6) is 11.5 Å². The van der Waals surface area contributed by atoms with Gasteiger partial charge in [-0.2, -0.15) is 0 Å². The van der Waals surface area contributed by atoms with Gasteiger partial charge in [0, 0.05) is 12.0 Å². The summed E-state index contributed by atoms with van der Waals surface area (Å²) in [5.41, 5.74) is 4.24. The van der Waals surface area contributed by atoms with E-state index in [0.29, 0.717) is 12.2 Å². The maximum atomic E-state index is 10.4. The highest BCUT2D eigenvalue weighted by Gasteiger charge is 2.13. The van der Waals surface area contributed by atoms with E-state index in [4.69, 9.17) is 0 Å². The van der Waals surface area contributed by atoms with Crippen LogP contribution in [-0.4, -0.2) is 16.5 Å². The molecule has 0 radical (unpaired) electrons. The molecule has 0 saturated carbocycles. The van der Waals surface area contributed by atoms with E-state index in [1.807, 2.05) is 25.1 Å². The van der Waals surface area contributed by atoms with Crippen molar-refractivity contribution in [3.8, 4) is 22.6 Å². The van der Waals surface area contributed by atoms with E-state index in [-0.39, 0.29) is 5.75 Å². The minimum absolute atomic E-state index is 0.238. The molecule has 0 aromatic heterocycles. The molecule has 0 fully saturated rings. The van der Waals surface area contributed by atoms with Crippen molar-refractivity contribution in [3.63, 3.8) is 0 Å². The largest absolute Gasteiger partial charge is 0.508 e. The first-order chi connectivity index (χ1) is 11.2. The van der Waals surface area contributed by atoms with Crippen molar-refractivity contribution in [2.24, 2.45) is 0 Å². The lowest BCUT2D eigenvalue weighted by Crippen LogP contribution is -1.97. The number of carbonyl (C=O) groups is 1. The van der Waals surface area contributed by atoms with Gasteiger partial charge in [-0.3, -0.25) is 0 Å². The lowest BCUT2D eigenvalue weighted by molar-refractivity contribution is -0.107. The zero-order valence-corrected chi connectivity index (χ0v) is 13.6. The van der Waals surface area contributed by atoms with Gasteiger partial charge in [0.05, 0.1) is 0 Å². The lowest BCUT2D eigenvalue weighted by Gasteiger charge is -2.16. The molecule has 0 aliphatic rings. The molecule has 2 N–H and O–H groups in total. The van der Waals surface area contributed by atoms with Crippen molar-refractivity contribution in [1.82, 2.24) is 0 Å². The Kier molecular flexibility index (Phi) is 6.21. The maximum Gasteiger partial charge on any atom is 0.119 e. The number of phenols is 2. The number of hydrogen-bond donors (Lipinski definition) is 2. The second-order valence-corrected chi connectivity index (χ2v) is 5.76. The first kappa shape index (κ1) is 17.1. The average molecular weight is 312 g/mol. The SMILES string of the molecule is CCc1c(O)ccc(CCCCCC=O)c1-c1ccc(O)cc1. The number of benzene rings is 2. The van der Waals surface area contributed by atoms with Crippen LogP contribution in [0, 0.1) is 0 Å². The summed E-state index contributed by atoms with van der Waals surface area (Å²) in [6.07, 6.45) is 6.24. The van der Waals surface area contributed by atoms with E-state index >= 15 is 0 Å². The van der Waals surface area contributed by atoms with Gasteiger partial charge in [0.15, 0.2) is 0 Å². The number of unbranched alkanes of at least 4 members (excludes halogenated alkanes) is 3. The molecule has 0 unspecified atom stereocenters. The second kappa shape index (κ2) is 8.37. The van der Waals surface area contributed by atoms with E-state index < -0.39 is 0 Å². The van der Waals surface area contributed by atoms with Gasteiger partial charge < -0.3 is 15.0 Å². The van der Waals surface area contributed by atoms with Crippen LogP contribution in [0.1, 0.15) is 43.7 Å². The minimum atomic E-state index is 0.238. The van der Waals surface area contributed by atoms with E-state index in [1.165, 1.54) is 5.56 Å². The normalized spacial score (nSPS) is 10.7. The lowest BCUT2D eigenvalue weighted by atomic mass is 9.90. The molecule has 23 heavy (non-hydrogen) atoms. The standard InChI is InChI=1S/C20H24O3/c1-2-18-19(23)13-10-15(7-5-3-4-6-14-21)20(18)16-8-11-17(22)12-9-16/h8-14,22-23H,2-7H2,1H3. The molecule has 3 nitrogen and oxygen atoms in total. The topological polar surface area (TPSA) is 57.5 Å². The summed E-state index contributed by atoms with van der Waals surface area (Å²) in [7, 11) is 0. The third-order valence-electron chi connectivity index (χ3n) is 4.15. The first-order valence-electron chi connectivity index (χ1n) is 8.24. The Morgan fingerprint density at radius 2 is 1.70 bits per heavy atom. The van der Waals surface area contributed by atoms with Crippen LogP contribution in [0.3, 0.4) is 0 Å². The zero-order chi connectivity index (χ0) is 16.7. The zero-order valence-electron chi connectivity index (χ0n) is 13.6. The summed E-state index contributed by atoms with van der Waals surface area (Å²) in [4.78, 5) is 10.4. The van der Waals surface area contributed by atoms with Crippen LogP contribution >= 0.6 is 0 Å². The number of carbonyl (C=O) groups excluding carboxylic acids is 1. The molecular formula is C20H24O3. The number of aryl methyl sites for hydroxylation is 1. The minimum Gasteiger partial charge on any atom is -0.508 e. The molecule has 2 aromatic rings. The molecule has 2 aromatic carbocycles. The van der Waals surface area contributed by atoms with Gasteiger partial charge in [-0.15, -0.1) is 0 Å². The Balaban J connectivity index is 2.30. The fourth-order valence-corrected chi connectivity index (χ4v) is 2.96. The van der Waals surface area contributed by atoms with Gasteiger partial charge in [0.25, 0.3) is 0 Å². The first-order valence-corrected chi connectivity index (χ1v) is 8.24. The number of phenolic OH excluding ortho intramolecular Hbond substituents is 2. The molecule has 3 heteroatoms. The third kappa shape index (κ3) is 4.35. The van der Waals surface area contributed by atoms with Crippen molar-refractivity contribution < 1.29 is 15.0 Å². The van der Waals surface area contributed by atoms with Gasteiger partial charge in [-0.25, -0.2) is 0 Å². The molecule has 0 atom stereocenters. The van der Waals surface area contributed by atoms with Gasteiger partial charge in [-0.05, 0) is 60.6 Å². The molecule has 122 valence electrons. The summed E-state index contributed by atoms with van der Waals surface area (Å²) < 4.78 is 0. The number of hydrogen-bond acceptors (Lipinski definition) is 3. The summed E-state index contributed by atoms with van der Waals surface area (Å²) >= 11 is 0. The summed E-state index contributed by atoms with van der Waals surface area (Å²) in [6.45, 7) is 2.03. The number of aromatic hydroxyl groups is 2. The van der Waals surface area contributed by atoms with Crippen molar-refractivity contribution in [2.75, 3.05) is 0 Å². The summed E-state index contributed by atoms with van der Waals surface area (Å²) in [5.74, 6) is 0.558. The Labute approximate surface area is 137 Å². The highest BCUT2D eigenvalue weighted by Crippen LogP contribution is 2.35. The summed E-state index contributed by atoms with van der Waals surface area (Å²) in [6, 6.07) is 10.9. The van der Waals surface area contributed by atoms with Gasteiger partial charge in [-0.1, -0.05) is 31.5 Å². The summed E-state index contributed by atoms with van der Waals surface area (Å²) in [5, 5.41) is 19.7. The van der Waals surface area contributed by atoms with Gasteiger partial charge >= 0.3 is 0 Å². The number of aldehydes is 1. The smallest absolute Gasteiger partial charge is 0.119 e. The van der Waals surface area contributed by atoms with E-state index in [9.17, 15) is 15.0 Å². The van der Waals surface area contributed by atoms with Crippen LogP contribution in [0.15, 0.2) is 36.4 Å². The monoisotopic (exact) mass is 312 g/mol. The van der Waals surface area contributed by atoms with Crippen molar-refractivity contribution >= 4 is 6.29 Å². The molecule has 0 amide bonds. The van der Waals surface area contributed by atoms with Gasteiger partial charge in [0.1, 0.15) is 17.8 Å². The van der Waals surface area contributed by atoms with E-state index in [2.05, 4.69) is 0 Å². The third-order valence-corrected chi connectivity index (χ3v) is 4.15. The molecule has 0 saturated heterocycles. The molecule has 0 aliphatic heterocycles. The average Bonchev–Trinajstić information content (AvgIpc) is 2.56. The molecule has 0 spiro atoms. The second-order valence-electron chi connectivity index (χ2n) is 5.76. The van der Waals surface area contributed by atoms with Crippen LogP contribution in [-0.2, 0) is 17.6 Å². The quantitative estimate of drug-likeness (QED) is 0.552. The predicted octanol–water partition coefficient (Wildman–Crippen LogP) is 4.63. The number of rotatable bonds is 8. The Morgan fingerprint density at radius 1 is 0.957 bits per heavy atom. The maximum absolute atomic E-state index is 10.4. The van der Waals surface area contributed by atoms with Crippen LogP contribution < -0.4 is 0 Å². The van der Waals surface area contributed by atoms with Crippen LogP contribution in [0.4, 0.5) is 0 Å². The fourth-order valence-electron chi connectivity index (χ4n) is 2.96. The van der Waals surface area contributed by atoms with Crippen molar-refractivity contribution in [2.45, 2.75) is 45.4 Å². The predicted molar refractivity (Wildman–Crippen MR) is 92.8 cm³/mol. The fraction of sp³-hybridized carbons (Fsp3) is 0.350. The highest BCUT2D eigenvalue weighted by molar-refractivity contribution is 5.74. The molecule has 2 rings (SSSR count). The van der Waals surface area contributed by atoms with Crippen molar-refractivity contribution in [1.29, 1.82) is 0 Å². The van der Waals surface area contributed by atoms with Crippen LogP contribution in [0.2, 0.25) is 0 Å². The molecule has 0 aliphatic carbocycles. The Morgan fingerprint density at radius 3 is 2.35 bits per heavy atom. The van der Waals surface area contributed by atoms with E-state index in [1.54, 1.807) is 18.2 Å². The van der Waals surface area contributed by atoms with E-state index in [0.717, 1.165) is 55.1 Å². The molecule has 0 bridgehead atoms. The van der Waals surface area contributed by atoms with Gasteiger partial charge in [0.2, 0.25) is 0 Å². The van der Waals surface area contributed by atoms with Crippen LogP contribution in [0.25, 0.3) is 11.1 Å². The van der Waals surface area contributed by atoms with Crippen molar-refractivity contribution in [3.05, 3.63) is 47.5 Å².